The lowest BCUT2D eigenvalue weighted by molar-refractivity contribution is -0.132. The number of hydrogen-bond donors (Lipinski definition) is 1. The van der Waals surface area contributed by atoms with Gasteiger partial charge < -0.3 is 24.3 Å². The molecule has 1 aromatic heterocycles. The van der Waals surface area contributed by atoms with E-state index in [1.807, 2.05) is 79.5 Å². The van der Waals surface area contributed by atoms with Gasteiger partial charge in [0.05, 0.1) is 13.2 Å². The van der Waals surface area contributed by atoms with Crippen LogP contribution in [-0.2, 0) is 22.5 Å². The predicted molar refractivity (Wildman–Crippen MR) is 154 cm³/mol. The minimum absolute atomic E-state index is 0.0268. The summed E-state index contributed by atoms with van der Waals surface area (Å²) in [4.78, 5) is 33.8. The molecule has 0 bridgehead atoms. The quantitative estimate of drug-likeness (QED) is 0.258. The van der Waals surface area contributed by atoms with Crippen LogP contribution in [0.4, 0.5) is 0 Å². The average molecular weight is 528 g/mol. The van der Waals surface area contributed by atoms with Crippen LogP contribution in [0.15, 0.2) is 79.0 Å². The lowest BCUT2D eigenvalue weighted by Crippen LogP contribution is -2.44. The fourth-order valence-electron chi connectivity index (χ4n) is 4.56. The van der Waals surface area contributed by atoms with Crippen molar-refractivity contribution < 1.29 is 19.1 Å². The Morgan fingerprint density at radius 1 is 0.897 bits per heavy atom. The Labute approximate surface area is 230 Å². The first kappa shape index (κ1) is 27.9. The number of aromatic nitrogens is 1. The Kier molecular flexibility index (Phi) is 9.75. The summed E-state index contributed by atoms with van der Waals surface area (Å²) in [7, 11) is 1.59. The van der Waals surface area contributed by atoms with Crippen molar-refractivity contribution in [2.45, 2.75) is 26.8 Å². The summed E-state index contributed by atoms with van der Waals surface area (Å²) in [5.74, 6) is 0.505. The average Bonchev–Trinajstić information content (AvgIpc) is 3.37. The molecule has 1 N–H and O–H groups in total. The Hall–Kier alpha value is -4.10. The van der Waals surface area contributed by atoms with E-state index in [0.29, 0.717) is 44.8 Å². The summed E-state index contributed by atoms with van der Waals surface area (Å²) in [5.41, 5.74) is 4.86. The van der Waals surface area contributed by atoms with Crippen LogP contribution >= 0.6 is 0 Å². The monoisotopic (exact) mass is 527 g/mol. The number of aryl methyl sites for hydroxylation is 1. The van der Waals surface area contributed by atoms with Crippen LogP contribution in [0.3, 0.4) is 0 Å². The zero-order chi connectivity index (χ0) is 27.6. The lowest BCUT2D eigenvalue weighted by atomic mass is 10.1. The molecule has 0 unspecified atom stereocenters. The molecule has 0 spiro atoms. The fraction of sp³-hybridized carbons (Fsp3) is 0.312. The first-order chi connectivity index (χ1) is 19.0. The zero-order valence-corrected chi connectivity index (χ0v) is 23.0. The standard InChI is InChI=1S/C32H37N3O4/c1-4-39-28-15-11-25(12-16-28)22-34(18-17-27-21-33-30-8-6-5-7-29(27)30)31(36)23-35(19-20-38-3)32(37)26-13-9-24(2)10-14-26/h5-16,21,33H,4,17-20,22-23H2,1-3H3. The molecule has 2 amide bonds. The third-order valence-electron chi connectivity index (χ3n) is 6.76. The second kappa shape index (κ2) is 13.6. The minimum Gasteiger partial charge on any atom is -0.494 e. The molecule has 39 heavy (non-hydrogen) atoms. The Morgan fingerprint density at radius 3 is 2.36 bits per heavy atom. The van der Waals surface area contributed by atoms with E-state index in [1.54, 1.807) is 24.1 Å². The number of rotatable bonds is 13. The highest BCUT2D eigenvalue weighted by Crippen LogP contribution is 2.20. The van der Waals surface area contributed by atoms with E-state index in [-0.39, 0.29) is 18.4 Å². The lowest BCUT2D eigenvalue weighted by Gasteiger charge is -2.28. The molecule has 0 saturated carbocycles. The highest BCUT2D eigenvalue weighted by molar-refractivity contribution is 5.96. The van der Waals surface area contributed by atoms with Crippen molar-refractivity contribution in [2.75, 3.05) is 40.0 Å². The van der Waals surface area contributed by atoms with E-state index in [2.05, 4.69) is 11.1 Å². The molecular formula is C32H37N3O4. The van der Waals surface area contributed by atoms with Gasteiger partial charge in [-0.2, -0.15) is 0 Å². The van der Waals surface area contributed by atoms with E-state index in [9.17, 15) is 9.59 Å². The smallest absolute Gasteiger partial charge is 0.254 e. The van der Waals surface area contributed by atoms with Crippen LogP contribution < -0.4 is 4.74 Å². The third-order valence-corrected chi connectivity index (χ3v) is 6.76. The molecule has 0 aliphatic carbocycles. The van der Waals surface area contributed by atoms with Gasteiger partial charge in [-0.15, -0.1) is 0 Å². The number of aromatic amines is 1. The number of amides is 2. The fourth-order valence-corrected chi connectivity index (χ4v) is 4.56. The van der Waals surface area contributed by atoms with Gasteiger partial charge in [0.15, 0.2) is 0 Å². The Morgan fingerprint density at radius 2 is 1.64 bits per heavy atom. The summed E-state index contributed by atoms with van der Waals surface area (Å²) >= 11 is 0. The van der Waals surface area contributed by atoms with Gasteiger partial charge in [-0.25, -0.2) is 0 Å². The highest BCUT2D eigenvalue weighted by atomic mass is 16.5. The van der Waals surface area contributed by atoms with Gasteiger partial charge in [-0.1, -0.05) is 48.0 Å². The van der Waals surface area contributed by atoms with Crippen molar-refractivity contribution in [3.63, 3.8) is 0 Å². The molecule has 4 aromatic rings. The molecule has 7 nitrogen and oxygen atoms in total. The van der Waals surface area contributed by atoms with E-state index < -0.39 is 0 Å². The van der Waals surface area contributed by atoms with Crippen molar-refractivity contribution in [1.82, 2.24) is 14.8 Å². The van der Waals surface area contributed by atoms with Crippen LogP contribution in [0.1, 0.15) is 34.0 Å². The molecule has 0 fully saturated rings. The van der Waals surface area contributed by atoms with Crippen molar-refractivity contribution in [1.29, 1.82) is 0 Å². The number of methoxy groups -OCH3 is 1. The van der Waals surface area contributed by atoms with Crippen molar-refractivity contribution in [3.8, 4) is 5.75 Å². The van der Waals surface area contributed by atoms with E-state index >= 15 is 0 Å². The molecule has 4 rings (SSSR count). The van der Waals surface area contributed by atoms with Crippen LogP contribution in [0.2, 0.25) is 0 Å². The molecule has 3 aromatic carbocycles. The molecular weight excluding hydrogens is 490 g/mol. The maximum Gasteiger partial charge on any atom is 0.254 e. The highest BCUT2D eigenvalue weighted by Gasteiger charge is 2.23. The maximum absolute atomic E-state index is 13.8. The molecule has 0 saturated heterocycles. The number of hydrogen-bond acceptors (Lipinski definition) is 4. The molecule has 0 aliphatic heterocycles. The SMILES string of the molecule is CCOc1ccc(CN(CCc2c[nH]c3ccccc23)C(=O)CN(CCOC)C(=O)c2ccc(C)cc2)cc1. The van der Waals surface area contributed by atoms with Crippen LogP contribution in [0.5, 0.6) is 5.75 Å². The molecule has 7 heteroatoms. The Balaban J connectivity index is 1.54. The number of carbonyl (C=O) groups is 2. The van der Waals surface area contributed by atoms with E-state index in [1.165, 1.54) is 0 Å². The second-order valence-electron chi connectivity index (χ2n) is 9.59. The maximum atomic E-state index is 13.8. The van der Waals surface area contributed by atoms with E-state index in [4.69, 9.17) is 9.47 Å². The van der Waals surface area contributed by atoms with Gasteiger partial charge in [0, 0.05) is 49.4 Å². The molecule has 204 valence electrons. The Bertz CT molecular complexity index is 1360. The van der Waals surface area contributed by atoms with Crippen molar-refractivity contribution >= 4 is 22.7 Å². The van der Waals surface area contributed by atoms with Gasteiger partial charge in [0.2, 0.25) is 5.91 Å². The number of benzene rings is 3. The number of H-pyrrole nitrogens is 1. The van der Waals surface area contributed by atoms with Crippen molar-refractivity contribution in [2.24, 2.45) is 0 Å². The number of nitrogens with one attached hydrogen (secondary N) is 1. The summed E-state index contributed by atoms with van der Waals surface area (Å²) < 4.78 is 10.8. The zero-order valence-electron chi connectivity index (χ0n) is 23.0. The van der Waals surface area contributed by atoms with Crippen LogP contribution in [0, 0.1) is 6.92 Å². The van der Waals surface area contributed by atoms with Crippen LogP contribution in [0.25, 0.3) is 10.9 Å². The minimum atomic E-state index is -0.182. The number of para-hydroxylation sites is 1. The summed E-state index contributed by atoms with van der Waals surface area (Å²) in [5, 5.41) is 1.15. The van der Waals surface area contributed by atoms with Crippen molar-refractivity contribution in [3.05, 3.63) is 101 Å². The van der Waals surface area contributed by atoms with Gasteiger partial charge >= 0.3 is 0 Å². The van der Waals surface area contributed by atoms with Gasteiger partial charge in [-0.3, -0.25) is 9.59 Å². The number of fused-ring (bicyclic) bond motifs is 1. The number of ether oxygens (including phenoxy) is 2. The van der Waals surface area contributed by atoms with Gasteiger partial charge in [0.1, 0.15) is 12.3 Å². The molecule has 0 aliphatic rings. The first-order valence-corrected chi connectivity index (χ1v) is 13.4. The topological polar surface area (TPSA) is 74.9 Å². The largest absolute Gasteiger partial charge is 0.494 e. The molecule has 0 atom stereocenters. The van der Waals surface area contributed by atoms with E-state index in [0.717, 1.165) is 33.3 Å². The summed E-state index contributed by atoms with van der Waals surface area (Å²) in [6.45, 7) is 6.13. The van der Waals surface area contributed by atoms with Crippen LogP contribution in [-0.4, -0.2) is 66.6 Å². The predicted octanol–water partition coefficient (Wildman–Crippen LogP) is 5.24. The number of nitrogens with zero attached hydrogens (tertiary/aromatic N) is 2. The summed E-state index contributed by atoms with van der Waals surface area (Å²) in [6, 6.07) is 23.4. The second-order valence-corrected chi connectivity index (χ2v) is 9.59. The van der Waals surface area contributed by atoms with Gasteiger partial charge in [-0.05, 0) is 61.7 Å². The summed E-state index contributed by atoms with van der Waals surface area (Å²) in [6.07, 6.45) is 2.70. The first-order valence-electron chi connectivity index (χ1n) is 13.4. The van der Waals surface area contributed by atoms with Gasteiger partial charge in [0.25, 0.3) is 5.91 Å². The normalized spacial score (nSPS) is 10.9. The number of carbonyl (C=O) groups excluding carboxylic acids is 2. The molecule has 0 radical (unpaired) electrons. The third kappa shape index (κ3) is 7.48. The molecule has 1 heterocycles.